The third-order valence-electron chi connectivity index (χ3n) is 2.79. The molecule has 0 fully saturated rings. The van der Waals surface area contributed by atoms with Gasteiger partial charge >= 0.3 is 0 Å². The molecule has 0 unspecified atom stereocenters. The van der Waals surface area contributed by atoms with Crippen LogP contribution in [0.3, 0.4) is 0 Å². The van der Waals surface area contributed by atoms with Crippen molar-refractivity contribution in [3.8, 4) is 0 Å². The van der Waals surface area contributed by atoms with E-state index in [2.05, 4.69) is 50.4 Å². The number of hydrogen-bond donors (Lipinski definition) is 1. The summed E-state index contributed by atoms with van der Waals surface area (Å²) in [5.41, 5.74) is 5.48. The molecular weight excluding hydrogens is 200 g/mol. The third-order valence-corrected chi connectivity index (χ3v) is 3.07. The zero-order valence-electron chi connectivity index (χ0n) is 8.83. The molecule has 0 amide bonds. The van der Waals surface area contributed by atoms with Gasteiger partial charge in [0.1, 0.15) is 0 Å². The molecule has 15 heavy (non-hydrogen) atoms. The first-order chi connectivity index (χ1) is 7.22. The lowest BCUT2D eigenvalue weighted by atomic mass is 10.1. The van der Waals surface area contributed by atoms with Crippen LogP contribution in [0, 0.1) is 0 Å². The van der Waals surface area contributed by atoms with E-state index in [0.717, 1.165) is 11.3 Å². The molecule has 0 bridgehead atoms. The van der Waals surface area contributed by atoms with Crippen LogP contribution < -0.4 is 0 Å². The van der Waals surface area contributed by atoms with Gasteiger partial charge in [-0.1, -0.05) is 30.9 Å². The predicted molar refractivity (Wildman–Crippen MR) is 69.3 cm³/mol. The van der Waals surface area contributed by atoms with Crippen molar-refractivity contribution < 1.29 is 0 Å². The number of hydrogen-bond acceptors (Lipinski definition) is 1. The van der Waals surface area contributed by atoms with Crippen LogP contribution in [0.15, 0.2) is 53.5 Å². The molecule has 0 saturated carbocycles. The maximum atomic E-state index is 4.37. The third kappa shape index (κ3) is 1.93. The summed E-state index contributed by atoms with van der Waals surface area (Å²) in [6, 6.07) is 6.35. The quantitative estimate of drug-likeness (QED) is 0.557. The van der Waals surface area contributed by atoms with Crippen LogP contribution in [0.25, 0.3) is 5.57 Å². The van der Waals surface area contributed by atoms with Crippen LogP contribution in [0.2, 0.25) is 0 Å². The van der Waals surface area contributed by atoms with Gasteiger partial charge in [0, 0.05) is 4.90 Å². The maximum absolute atomic E-state index is 4.37. The first kappa shape index (κ1) is 10.3. The molecule has 0 heterocycles. The van der Waals surface area contributed by atoms with Crippen LogP contribution in [0.1, 0.15) is 18.1 Å². The van der Waals surface area contributed by atoms with Gasteiger partial charge in [-0.3, -0.25) is 0 Å². The molecule has 0 atom stereocenters. The predicted octanol–water partition coefficient (Wildman–Crippen LogP) is 4.05. The van der Waals surface area contributed by atoms with E-state index in [1.165, 1.54) is 22.3 Å². The van der Waals surface area contributed by atoms with Crippen LogP contribution >= 0.6 is 12.6 Å². The van der Waals surface area contributed by atoms with Crippen molar-refractivity contribution in [2.75, 3.05) is 0 Å². The Morgan fingerprint density at radius 1 is 1.40 bits per heavy atom. The Hall–Kier alpha value is -1.21. The zero-order valence-corrected chi connectivity index (χ0v) is 9.72. The van der Waals surface area contributed by atoms with Gasteiger partial charge in [-0.05, 0) is 47.8 Å². The van der Waals surface area contributed by atoms with Crippen molar-refractivity contribution in [3.05, 3.63) is 59.7 Å². The second-order valence-corrected chi connectivity index (χ2v) is 4.28. The smallest absolute Gasteiger partial charge is 0.00462 e. The monoisotopic (exact) mass is 214 g/mol. The normalized spacial score (nSPS) is 14.8. The minimum atomic E-state index is 1.03. The summed E-state index contributed by atoms with van der Waals surface area (Å²) < 4.78 is 0. The summed E-state index contributed by atoms with van der Waals surface area (Å²) in [6.07, 6.45) is 6.97. The molecular formula is C14H14S. The molecule has 1 aliphatic rings. The van der Waals surface area contributed by atoms with E-state index in [9.17, 15) is 0 Å². The molecule has 0 saturated heterocycles. The summed E-state index contributed by atoms with van der Waals surface area (Å²) in [5, 5.41) is 0. The van der Waals surface area contributed by atoms with Gasteiger partial charge in [0.15, 0.2) is 0 Å². The average molecular weight is 214 g/mol. The van der Waals surface area contributed by atoms with Crippen molar-refractivity contribution in [2.24, 2.45) is 0 Å². The number of allylic oxidation sites excluding steroid dienone is 5. The van der Waals surface area contributed by atoms with E-state index in [1.54, 1.807) is 0 Å². The first-order valence-corrected chi connectivity index (χ1v) is 5.48. The van der Waals surface area contributed by atoms with Gasteiger partial charge in [0.05, 0.1) is 0 Å². The average Bonchev–Trinajstić information content (AvgIpc) is 2.53. The number of thiol groups is 1. The summed E-state index contributed by atoms with van der Waals surface area (Å²) in [5.74, 6) is 0. The molecule has 76 valence electrons. The van der Waals surface area contributed by atoms with E-state index in [-0.39, 0.29) is 0 Å². The summed E-state index contributed by atoms with van der Waals surface area (Å²) >= 11 is 4.37. The van der Waals surface area contributed by atoms with Gasteiger partial charge in [-0.2, -0.15) is 0 Å². The largest absolute Gasteiger partial charge is 0.143 e. The Morgan fingerprint density at radius 2 is 2.20 bits per heavy atom. The molecule has 0 aromatic heterocycles. The van der Waals surface area contributed by atoms with Gasteiger partial charge in [0.2, 0.25) is 0 Å². The Bertz CT molecular complexity index is 464. The molecule has 1 aromatic carbocycles. The summed E-state index contributed by atoms with van der Waals surface area (Å²) in [4.78, 5) is 1.03. The van der Waals surface area contributed by atoms with Crippen molar-refractivity contribution in [2.45, 2.75) is 18.2 Å². The van der Waals surface area contributed by atoms with Crippen molar-refractivity contribution in [1.82, 2.24) is 0 Å². The van der Waals surface area contributed by atoms with E-state index >= 15 is 0 Å². The number of benzene rings is 1. The minimum Gasteiger partial charge on any atom is -0.143 e. The van der Waals surface area contributed by atoms with E-state index < -0.39 is 0 Å². The van der Waals surface area contributed by atoms with Gasteiger partial charge in [-0.15, -0.1) is 12.6 Å². The first-order valence-electron chi connectivity index (χ1n) is 5.03. The molecule has 0 radical (unpaired) electrons. The van der Waals surface area contributed by atoms with Gasteiger partial charge in [0.25, 0.3) is 0 Å². The SMILES string of the molecule is C=C/C=C\C1=C(C)c2cc(S)ccc2C1. The molecule has 0 N–H and O–H groups in total. The summed E-state index contributed by atoms with van der Waals surface area (Å²) in [6.45, 7) is 5.86. The Kier molecular flexibility index (Phi) is 2.83. The Balaban J connectivity index is 2.42. The molecule has 1 heteroatoms. The molecule has 0 nitrogen and oxygen atoms in total. The van der Waals surface area contributed by atoms with Gasteiger partial charge in [-0.25, -0.2) is 0 Å². The molecule has 0 aliphatic heterocycles. The Labute approximate surface area is 96.4 Å². The molecule has 2 rings (SSSR count). The highest BCUT2D eigenvalue weighted by Gasteiger charge is 2.16. The van der Waals surface area contributed by atoms with Crippen molar-refractivity contribution in [3.63, 3.8) is 0 Å². The highest BCUT2D eigenvalue weighted by molar-refractivity contribution is 7.80. The second kappa shape index (κ2) is 4.11. The van der Waals surface area contributed by atoms with Crippen LogP contribution in [-0.2, 0) is 6.42 Å². The standard InChI is InChI=1S/C14H14S/c1-3-4-5-11-8-12-6-7-13(15)9-14(12)10(11)2/h3-7,9,15H,1,8H2,2H3/b5-4-. The van der Waals surface area contributed by atoms with E-state index in [0.29, 0.717) is 0 Å². The van der Waals surface area contributed by atoms with Crippen LogP contribution in [0.5, 0.6) is 0 Å². The second-order valence-electron chi connectivity index (χ2n) is 3.76. The lowest BCUT2D eigenvalue weighted by molar-refractivity contribution is 1.23. The van der Waals surface area contributed by atoms with Crippen LogP contribution in [-0.4, -0.2) is 0 Å². The molecule has 0 spiro atoms. The summed E-state index contributed by atoms with van der Waals surface area (Å²) in [7, 11) is 0. The van der Waals surface area contributed by atoms with Crippen molar-refractivity contribution in [1.29, 1.82) is 0 Å². The van der Waals surface area contributed by atoms with Gasteiger partial charge < -0.3 is 0 Å². The zero-order chi connectivity index (χ0) is 10.8. The highest BCUT2D eigenvalue weighted by Crippen LogP contribution is 2.34. The molecule has 1 aromatic rings. The number of fused-ring (bicyclic) bond motifs is 1. The van der Waals surface area contributed by atoms with Crippen molar-refractivity contribution >= 4 is 18.2 Å². The van der Waals surface area contributed by atoms with Crippen LogP contribution in [0.4, 0.5) is 0 Å². The highest BCUT2D eigenvalue weighted by atomic mass is 32.1. The fourth-order valence-corrected chi connectivity index (χ4v) is 2.15. The minimum absolute atomic E-state index is 1.03. The lowest BCUT2D eigenvalue weighted by Crippen LogP contribution is -1.82. The fourth-order valence-electron chi connectivity index (χ4n) is 1.95. The number of rotatable bonds is 2. The van der Waals surface area contributed by atoms with E-state index in [4.69, 9.17) is 0 Å². The topological polar surface area (TPSA) is 0 Å². The fraction of sp³-hybridized carbons (Fsp3) is 0.143. The maximum Gasteiger partial charge on any atom is 0.00462 e. The molecule has 1 aliphatic carbocycles. The van der Waals surface area contributed by atoms with E-state index in [1.807, 2.05) is 12.2 Å². The lowest BCUT2D eigenvalue weighted by Gasteiger charge is -2.00. The Morgan fingerprint density at radius 3 is 2.93 bits per heavy atom.